The Morgan fingerprint density at radius 1 is 1.08 bits per heavy atom. The third-order valence-electron chi connectivity index (χ3n) is 6.42. The number of carboxylic acid groups (broad SMARTS) is 2. The van der Waals surface area contributed by atoms with Gasteiger partial charge in [0.25, 0.3) is 0 Å². The zero-order chi connectivity index (χ0) is 28.5. The van der Waals surface area contributed by atoms with Gasteiger partial charge in [0.15, 0.2) is 0 Å². The van der Waals surface area contributed by atoms with E-state index in [9.17, 15) is 34.2 Å². The van der Waals surface area contributed by atoms with Crippen LogP contribution in [-0.2, 0) is 36.8 Å². The van der Waals surface area contributed by atoms with Crippen molar-refractivity contribution in [3.63, 3.8) is 0 Å². The van der Waals surface area contributed by atoms with Crippen LogP contribution in [0.2, 0.25) is 0 Å². The maximum Gasteiger partial charge on any atom is 0.326 e. The molecule has 0 bridgehead atoms. The van der Waals surface area contributed by atoms with Crippen molar-refractivity contribution >= 4 is 29.7 Å². The van der Waals surface area contributed by atoms with Crippen LogP contribution in [0.5, 0.6) is 5.75 Å². The van der Waals surface area contributed by atoms with Gasteiger partial charge < -0.3 is 41.6 Å². The van der Waals surface area contributed by atoms with Gasteiger partial charge in [0.1, 0.15) is 23.9 Å². The summed E-state index contributed by atoms with van der Waals surface area (Å²) in [7, 11) is 0. The molecule has 0 aliphatic carbocycles. The lowest BCUT2D eigenvalue weighted by atomic mass is 10.0. The molecule has 4 atom stereocenters. The molecule has 210 valence electrons. The minimum absolute atomic E-state index is 0.0763. The van der Waals surface area contributed by atoms with Crippen LogP contribution in [0.25, 0.3) is 0 Å². The molecule has 3 rings (SSSR count). The van der Waals surface area contributed by atoms with Gasteiger partial charge in [0.05, 0.1) is 12.4 Å². The number of nitrogens with zero attached hydrogens (tertiary/aromatic N) is 2. The van der Waals surface area contributed by atoms with Gasteiger partial charge in [-0.3, -0.25) is 19.2 Å². The number of rotatable bonds is 13. The molecule has 39 heavy (non-hydrogen) atoms. The predicted octanol–water partition coefficient (Wildman–Crippen LogP) is -0.862. The van der Waals surface area contributed by atoms with Crippen molar-refractivity contribution in [1.82, 2.24) is 25.5 Å². The zero-order valence-corrected chi connectivity index (χ0v) is 21.1. The van der Waals surface area contributed by atoms with Crippen molar-refractivity contribution in [2.45, 2.75) is 62.7 Å². The molecule has 2 aromatic rings. The Hall–Kier alpha value is -4.46. The number of imidazole rings is 1. The first-order valence-corrected chi connectivity index (χ1v) is 12.4. The summed E-state index contributed by atoms with van der Waals surface area (Å²) >= 11 is 0. The van der Waals surface area contributed by atoms with Crippen molar-refractivity contribution in [3.05, 3.63) is 48.0 Å². The SMILES string of the molecule is NC(Cc1ccc(O)cc1)C(=O)N1CCCC1C(=O)NC(CCC(=O)O)C(=O)NC(Cc1cnc[nH]1)C(=O)O. The molecule has 0 saturated carbocycles. The number of nitrogens with one attached hydrogen (secondary N) is 3. The number of aromatic amines is 1. The predicted molar refractivity (Wildman–Crippen MR) is 135 cm³/mol. The number of H-pyrrole nitrogens is 1. The van der Waals surface area contributed by atoms with Gasteiger partial charge in [-0.05, 0) is 43.4 Å². The third kappa shape index (κ3) is 8.26. The van der Waals surface area contributed by atoms with Crippen LogP contribution < -0.4 is 16.4 Å². The number of likely N-dealkylation sites (tertiary alicyclic amines) is 1. The van der Waals surface area contributed by atoms with Gasteiger partial charge in [0.2, 0.25) is 17.7 Å². The van der Waals surface area contributed by atoms with E-state index in [4.69, 9.17) is 10.8 Å². The molecule has 1 aliphatic rings. The zero-order valence-electron chi connectivity index (χ0n) is 21.1. The second-order valence-corrected chi connectivity index (χ2v) is 9.34. The Bertz CT molecular complexity index is 1170. The fourth-order valence-corrected chi connectivity index (χ4v) is 4.38. The highest BCUT2D eigenvalue weighted by Crippen LogP contribution is 2.20. The first kappa shape index (κ1) is 29.1. The van der Waals surface area contributed by atoms with Crippen LogP contribution in [0.4, 0.5) is 0 Å². The average Bonchev–Trinajstić information content (AvgIpc) is 3.59. The number of carbonyl (C=O) groups excluding carboxylic acids is 3. The van der Waals surface area contributed by atoms with Crippen LogP contribution in [0, 0.1) is 0 Å². The van der Waals surface area contributed by atoms with E-state index in [2.05, 4.69) is 20.6 Å². The van der Waals surface area contributed by atoms with E-state index in [1.807, 2.05) is 0 Å². The van der Waals surface area contributed by atoms with Gasteiger partial charge >= 0.3 is 11.9 Å². The first-order chi connectivity index (χ1) is 18.5. The van der Waals surface area contributed by atoms with Crippen molar-refractivity contribution in [1.29, 1.82) is 0 Å². The molecule has 0 radical (unpaired) electrons. The Morgan fingerprint density at radius 2 is 1.79 bits per heavy atom. The van der Waals surface area contributed by atoms with E-state index in [0.29, 0.717) is 18.5 Å². The molecule has 8 N–H and O–H groups in total. The molecule has 14 nitrogen and oxygen atoms in total. The second-order valence-electron chi connectivity index (χ2n) is 9.34. The quantitative estimate of drug-likeness (QED) is 0.165. The highest BCUT2D eigenvalue weighted by Gasteiger charge is 2.38. The summed E-state index contributed by atoms with van der Waals surface area (Å²) in [6.45, 7) is 0.275. The number of carboxylic acids is 2. The largest absolute Gasteiger partial charge is 0.508 e. The summed E-state index contributed by atoms with van der Waals surface area (Å²) in [6.07, 6.45) is 2.93. The molecule has 1 aliphatic heterocycles. The highest BCUT2D eigenvalue weighted by molar-refractivity contribution is 5.94. The first-order valence-electron chi connectivity index (χ1n) is 12.4. The van der Waals surface area contributed by atoms with E-state index < -0.39 is 60.2 Å². The van der Waals surface area contributed by atoms with Gasteiger partial charge in [-0.25, -0.2) is 9.78 Å². The van der Waals surface area contributed by atoms with Crippen molar-refractivity contribution in [2.24, 2.45) is 5.73 Å². The summed E-state index contributed by atoms with van der Waals surface area (Å²) in [5.74, 6) is -4.44. The Labute approximate surface area is 223 Å². The molecular formula is C25H32N6O8. The van der Waals surface area contributed by atoms with E-state index in [0.717, 1.165) is 5.56 Å². The number of nitrogens with two attached hydrogens (primary N) is 1. The van der Waals surface area contributed by atoms with E-state index >= 15 is 0 Å². The fraction of sp³-hybridized carbons (Fsp3) is 0.440. The number of phenols is 1. The molecule has 4 unspecified atom stereocenters. The normalized spacial score (nSPS) is 17.2. The minimum atomic E-state index is -1.36. The van der Waals surface area contributed by atoms with Crippen LogP contribution in [0.15, 0.2) is 36.8 Å². The monoisotopic (exact) mass is 544 g/mol. The lowest BCUT2D eigenvalue weighted by Gasteiger charge is -2.28. The number of phenolic OH excluding ortho intramolecular Hbond substituents is 1. The maximum atomic E-state index is 13.2. The summed E-state index contributed by atoms with van der Waals surface area (Å²) in [6, 6.07) is 1.65. The van der Waals surface area contributed by atoms with Crippen LogP contribution in [-0.4, -0.2) is 90.6 Å². The number of carbonyl (C=O) groups is 5. The lowest BCUT2D eigenvalue weighted by Crippen LogP contribution is -2.57. The molecule has 2 heterocycles. The average molecular weight is 545 g/mol. The van der Waals surface area contributed by atoms with Gasteiger partial charge in [-0.2, -0.15) is 0 Å². The maximum absolute atomic E-state index is 13.2. The minimum Gasteiger partial charge on any atom is -0.508 e. The molecule has 1 fully saturated rings. The lowest BCUT2D eigenvalue weighted by molar-refractivity contribution is -0.143. The summed E-state index contributed by atoms with van der Waals surface area (Å²) in [5.41, 5.74) is 7.30. The van der Waals surface area contributed by atoms with Crippen LogP contribution in [0.3, 0.4) is 0 Å². The second kappa shape index (κ2) is 13.4. The number of benzene rings is 1. The summed E-state index contributed by atoms with van der Waals surface area (Å²) < 4.78 is 0. The van der Waals surface area contributed by atoms with Crippen LogP contribution in [0.1, 0.15) is 36.9 Å². The summed E-state index contributed by atoms with van der Waals surface area (Å²) in [4.78, 5) is 70.0. The van der Waals surface area contributed by atoms with Crippen molar-refractivity contribution in [3.8, 4) is 5.75 Å². The number of amides is 3. The molecule has 1 aromatic heterocycles. The van der Waals surface area contributed by atoms with E-state index in [1.54, 1.807) is 12.1 Å². The number of hydrogen-bond acceptors (Lipinski definition) is 8. The van der Waals surface area contributed by atoms with Crippen LogP contribution >= 0.6 is 0 Å². The number of aliphatic carboxylic acids is 2. The Balaban J connectivity index is 1.67. The highest BCUT2D eigenvalue weighted by atomic mass is 16.4. The number of aromatic hydroxyl groups is 1. The Kier molecular flexibility index (Phi) is 9.98. The molecule has 0 spiro atoms. The van der Waals surface area contributed by atoms with Gasteiger partial charge in [-0.1, -0.05) is 12.1 Å². The van der Waals surface area contributed by atoms with Gasteiger partial charge in [0, 0.05) is 31.3 Å². The smallest absolute Gasteiger partial charge is 0.326 e. The number of aromatic nitrogens is 2. The van der Waals surface area contributed by atoms with Gasteiger partial charge in [-0.15, -0.1) is 0 Å². The molecule has 14 heteroatoms. The third-order valence-corrected chi connectivity index (χ3v) is 6.42. The summed E-state index contributed by atoms with van der Waals surface area (Å²) in [5, 5.41) is 32.9. The van der Waals surface area contributed by atoms with E-state index in [-0.39, 0.29) is 31.6 Å². The molecule has 1 saturated heterocycles. The topological polar surface area (TPSA) is 228 Å². The molecule has 1 aromatic carbocycles. The molecule has 3 amide bonds. The van der Waals surface area contributed by atoms with Crippen molar-refractivity contribution in [2.75, 3.05) is 6.54 Å². The number of hydrogen-bond donors (Lipinski definition) is 7. The Morgan fingerprint density at radius 3 is 2.41 bits per heavy atom. The van der Waals surface area contributed by atoms with E-state index in [1.165, 1.54) is 29.6 Å². The standard InChI is InChI=1S/C25H32N6O8/c26-17(10-14-3-5-16(32)6-4-14)24(37)31-9-1-2-20(31)23(36)29-18(7-8-21(33)34)22(35)30-19(25(38)39)11-15-12-27-13-28-15/h3-6,12-13,17-20,32H,1-2,7-11,26H2,(H,27,28)(H,29,36)(H,30,35)(H,33,34)(H,38,39). The molecular weight excluding hydrogens is 512 g/mol. The fourth-order valence-electron chi connectivity index (χ4n) is 4.38. The van der Waals surface area contributed by atoms with Crippen molar-refractivity contribution < 1.29 is 39.3 Å².